The highest BCUT2D eigenvalue weighted by atomic mass is 32.2. The van der Waals surface area contributed by atoms with Crippen LogP contribution >= 0.6 is 11.8 Å². The topological polar surface area (TPSA) is 52.6 Å². The lowest BCUT2D eigenvalue weighted by Crippen LogP contribution is -2.07. The van der Waals surface area contributed by atoms with Crippen LogP contribution in [0.5, 0.6) is 0 Å². The highest BCUT2D eigenvalue weighted by Crippen LogP contribution is 2.11. The second-order valence-corrected chi connectivity index (χ2v) is 9.88. The maximum absolute atomic E-state index is 11.7. The van der Waals surface area contributed by atoms with E-state index in [0.29, 0.717) is 26.1 Å². The van der Waals surface area contributed by atoms with Crippen molar-refractivity contribution in [3.8, 4) is 0 Å². The molecule has 0 aliphatic rings. The van der Waals surface area contributed by atoms with E-state index in [1.165, 1.54) is 51.4 Å². The summed E-state index contributed by atoms with van der Waals surface area (Å²) in [6.07, 6.45) is 23.0. The molecule has 4 nitrogen and oxygen atoms in total. The Morgan fingerprint density at radius 1 is 0.545 bits per heavy atom. The molecule has 0 aliphatic heterocycles. The van der Waals surface area contributed by atoms with E-state index in [4.69, 9.17) is 9.47 Å². The molecule has 0 radical (unpaired) electrons. The molecule has 0 bridgehead atoms. The van der Waals surface area contributed by atoms with Gasteiger partial charge in [0, 0.05) is 12.8 Å². The fraction of sp³-hybridized carbons (Fsp3) is 0.786. The molecule has 192 valence electrons. The highest BCUT2D eigenvalue weighted by molar-refractivity contribution is 7.99. The number of unbranched alkanes of at least 4 members (excludes halogenated alkanes) is 12. The van der Waals surface area contributed by atoms with Crippen LogP contribution in [-0.2, 0) is 19.1 Å². The van der Waals surface area contributed by atoms with Crippen LogP contribution in [0.4, 0.5) is 0 Å². The predicted molar refractivity (Wildman–Crippen MR) is 143 cm³/mol. The number of hydrogen-bond acceptors (Lipinski definition) is 5. The van der Waals surface area contributed by atoms with Crippen LogP contribution in [0.15, 0.2) is 25.3 Å². The van der Waals surface area contributed by atoms with Crippen LogP contribution in [0.25, 0.3) is 0 Å². The van der Waals surface area contributed by atoms with Gasteiger partial charge < -0.3 is 9.47 Å². The molecule has 0 aliphatic carbocycles. The molecule has 0 aromatic carbocycles. The monoisotopic (exact) mass is 482 g/mol. The van der Waals surface area contributed by atoms with E-state index in [-0.39, 0.29) is 11.9 Å². The summed E-state index contributed by atoms with van der Waals surface area (Å²) in [7, 11) is 0. The van der Waals surface area contributed by atoms with E-state index >= 15 is 0 Å². The van der Waals surface area contributed by atoms with Gasteiger partial charge in [-0.3, -0.25) is 9.59 Å². The fourth-order valence-corrected chi connectivity index (χ4v) is 4.32. The summed E-state index contributed by atoms with van der Waals surface area (Å²) in [4.78, 5) is 23.5. The van der Waals surface area contributed by atoms with Crippen molar-refractivity contribution in [3.05, 3.63) is 25.3 Å². The van der Waals surface area contributed by atoms with Crippen molar-refractivity contribution in [1.82, 2.24) is 0 Å². The number of hydrogen-bond donors (Lipinski definition) is 0. The number of carbonyl (C=O) groups is 2. The zero-order valence-electron chi connectivity index (χ0n) is 21.2. The molecule has 0 aromatic rings. The van der Waals surface area contributed by atoms with E-state index in [1.807, 2.05) is 23.9 Å². The van der Waals surface area contributed by atoms with Gasteiger partial charge in [-0.25, -0.2) is 0 Å². The SMILES string of the molecule is C=CCCCCCCCCC(=O)OCCCSCCCOC(=O)CCCCCCCCC=C. The lowest BCUT2D eigenvalue weighted by molar-refractivity contribution is -0.144. The minimum absolute atomic E-state index is 0.0636. The van der Waals surface area contributed by atoms with Crippen LogP contribution in [0.1, 0.15) is 116 Å². The fourth-order valence-electron chi connectivity index (χ4n) is 3.47. The summed E-state index contributed by atoms with van der Waals surface area (Å²) in [5.74, 6) is 1.81. The maximum Gasteiger partial charge on any atom is 0.305 e. The Morgan fingerprint density at radius 2 is 0.909 bits per heavy atom. The van der Waals surface area contributed by atoms with Crippen molar-refractivity contribution in [2.75, 3.05) is 24.7 Å². The third-order valence-corrected chi connectivity index (χ3v) is 6.63. The summed E-state index contributed by atoms with van der Waals surface area (Å²) >= 11 is 1.83. The van der Waals surface area contributed by atoms with Crippen LogP contribution in [0.3, 0.4) is 0 Å². The summed E-state index contributed by atoms with van der Waals surface area (Å²) in [6, 6.07) is 0. The summed E-state index contributed by atoms with van der Waals surface area (Å²) in [5, 5.41) is 0. The zero-order chi connectivity index (χ0) is 24.2. The van der Waals surface area contributed by atoms with Gasteiger partial charge in [0.1, 0.15) is 0 Å². The highest BCUT2D eigenvalue weighted by Gasteiger charge is 2.04. The van der Waals surface area contributed by atoms with Gasteiger partial charge in [0.05, 0.1) is 13.2 Å². The van der Waals surface area contributed by atoms with Crippen LogP contribution in [-0.4, -0.2) is 36.7 Å². The molecule has 0 heterocycles. The first kappa shape index (κ1) is 31.8. The summed E-state index contributed by atoms with van der Waals surface area (Å²) in [6.45, 7) is 8.49. The standard InChI is InChI=1S/C28H50O4S/c1-3-5-7-9-11-13-15-17-21-27(29)31-23-19-25-33-26-20-24-32-28(30)22-18-16-14-12-10-8-6-4-2/h3-4H,1-2,5-26H2. The maximum atomic E-state index is 11.7. The lowest BCUT2D eigenvalue weighted by Gasteiger charge is -2.06. The molecule has 0 fully saturated rings. The smallest absolute Gasteiger partial charge is 0.305 e. The number of allylic oxidation sites excluding steroid dienone is 2. The summed E-state index contributed by atoms with van der Waals surface area (Å²) < 4.78 is 10.6. The number of rotatable bonds is 26. The Bertz CT molecular complexity index is 437. The van der Waals surface area contributed by atoms with E-state index in [1.54, 1.807) is 0 Å². The van der Waals surface area contributed by atoms with Gasteiger partial charge in [-0.1, -0.05) is 63.5 Å². The van der Waals surface area contributed by atoms with Gasteiger partial charge in [-0.2, -0.15) is 11.8 Å². The Morgan fingerprint density at radius 3 is 1.30 bits per heavy atom. The Balaban J connectivity index is 3.26. The first-order chi connectivity index (χ1) is 16.2. The molecule has 5 heteroatoms. The van der Waals surface area contributed by atoms with Crippen molar-refractivity contribution in [1.29, 1.82) is 0 Å². The van der Waals surface area contributed by atoms with Crippen molar-refractivity contribution in [2.24, 2.45) is 0 Å². The number of esters is 2. The molecule has 0 saturated carbocycles. The quantitative estimate of drug-likeness (QED) is 0.0706. The average molecular weight is 483 g/mol. The van der Waals surface area contributed by atoms with E-state index in [0.717, 1.165) is 62.9 Å². The Hall–Kier alpha value is -1.23. The molecular formula is C28H50O4S. The van der Waals surface area contributed by atoms with Gasteiger partial charge in [0.2, 0.25) is 0 Å². The zero-order valence-corrected chi connectivity index (χ0v) is 22.0. The van der Waals surface area contributed by atoms with Crippen LogP contribution < -0.4 is 0 Å². The number of thioether (sulfide) groups is 1. The third-order valence-electron chi connectivity index (χ3n) is 5.47. The second-order valence-electron chi connectivity index (χ2n) is 8.66. The number of carbonyl (C=O) groups excluding carboxylic acids is 2. The summed E-state index contributed by atoms with van der Waals surface area (Å²) in [5.41, 5.74) is 0. The molecule has 0 atom stereocenters. The first-order valence-corrected chi connectivity index (χ1v) is 14.5. The molecule has 33 heavy (non-hydrogen) atoms. The van der Waals surface area contributed by atoms with Crippen LogP contribution in [0.2, 0.25) is 0 Å². The van der Waals surface area contributed by atoms with Gasteiger partial charge in [-0.15, -0.1) is 13.2 Å². The molecule has 0 N–H and O–H groups in total. The predicted octanol–water partition coefficient (Wildman–Crippen LogP) is 8.20. The Kier molecular flexibility index (Phi) is 26.0. The molecule has 0 rings (SSSR count). The van der Waals surface area contributed by atoms with E-state index in [9.17, 15) is 9.59 Å². The normalized spacial score (nSPS) is 10.7. The first-order valence-electron chi connectivity index (χ1n) is 13.3. The van der Waals surface area contributed by atoms with Crippen molar-refractivity contribution in [2.45, 2.75) is 116 Å². The van der Waals surface area contributed by atoms with Crippen molar-refractivity contribution < 1.29 is 19.1 Å². The van der Waals surface area contributed by atoms with Gasteiger partial charge in [-0.05, 0) is 62.9 Å². The third kappa shape index (κ3) is 26.9. The Labute approximate surface area is 208 Å². The minimum atomic E-state index is -0.0636. The van der Waals surface area contributed by atoms with E-state index < -0.39 is 0 Å². The average Bonchev–Trinajstić information content (AvgIpc) is 2.81. The second kappa shape index (κ2) is 27.0. The van der Waals surface area contributed by atoms with Crippen LogP contribution in [0, 0.1) is 0 Å². The number of ether oxygens (including phenoxy) is 2. The molecular weight excluding hydrogens is 432 g/mol. The lowest BCUT2D eigenvalue weighted by atomic mass is 10.1. The largest absolute Gasteiger partial charge is 0.466 e. The van der Waals surface area contributed by atoms with Gasteiger partial charge in [0.25, 0.3) is 0 Å². The molecule has 0 aromatic heterocycles. The molecule has 0 amide bonds. The molecule has 0 unspecified atom stereocenters. The minimum Gasteiger partial charge on any atom is -0.466 e. The van der Waals surface area contributed by atoms with Crippen molar-refractivity contribution in [3.63, 3.8) is 0 Å². The van der Waals surface area contributed by atoms with Gasteiger partial charge >= 0.3 is 11.9 Å². The van der Waals surface area contributed by atoms with Gasteiger partial charge in [0.15, 0.2) is 0 Å². The van der Waals surface area contributed by atoms with Crippen molar-refractivity contribution >= 4 is 23.7 Å². The molecule has 0 spiro atoms. The molecule has 0 saturated heterocycles. The van der Waals surface area contributed by atoms with E-state index in [2.05, 4.69) is 13.2 Å².